The van der Waals surface area contributed by atoms with E-state index in [1.807, 2.05) is 42.5 Å². The van der Waals surface area contributed by atoms with Crippen LogP contribution in [0.15, 0.2) is 53.0 Å². The molecule has 4 heteroatoms. The number of benzene rings is 2. The second-order valence-electron chi connectivity index (χ2n) is 6.11. The van der Waals surface area contributed by atoms with Gasteiger partial charge in [-0.05, 0) is 62.3 Å². The number of nitrogens with zero attached hydrogens (tertiary/aromatic N) is 1. The number of hydrogen-bond donors (Lipinski definition) is 1. The fourth-order valence-corrected chi connectivity index (χ4v) is 3.46. The number of rotatable bonds is 3. The highest BCUT2D eigenvalue weighted by atomic mass is 79.9. The van der Waals surface area contributed by atoms with Crippen LogP contribution in [0.5, 0.6) is 0 Å². The molecule has 1 aliphatic rings. The maximum absolute atomic E-state index is 12.5. The standard InChI is InChI=1S/C19H21BrN2O/c1-22-11-9-16(10-12-22)21-19(23)15-6-4-5-14(13-15)17-7-2-3-8-18(17)20/h2-8,13,16H,9-12H2,1H3,(H,21,23). The van der Waals surface area contributed by atoms with Gasteiger partial charge < -0.3 is 10.2 Å². The van der Waals surface area contributed by atoms with Gasteiger partial charge in [0.15, 0.2) is 0 Å². The molecule has 1 heterocycles. The van der Waals surface area contributed by atoms with Crippen molar-refractivity contribution >= 4 is 21.8 Å². The van der Waals surface area contributed by atoms with E-state index in [-0.39, 0.29) is 11.9 Å². The van der Waals surface area contributed by atoms with Gasteiger partial charge in [0.25, 0.3) is 5.91 Å². The molecule has 0 unspecified atom stereocenters. The minimum absolute atomic E-state index is 0.0217. The van der Waals surface area contributed by atoms with E-state index in [1.165, 1.54) is 0 Å². The van der Waals surface area contributed by atoms with E-state index in [0.717, 1.165) is 47.1 Å². The van der Waals surface area contributed by atoms with E-state index in [2.05, 4.69) is 39.3 Å². The van der Waals surface area contributed by atoms with Crippen molar-refractivity contribution in [2.75, 3.05) is 20.1 Å². The number of hydrogen-bond acceptors (Lipinski definition) is 2. The van der Waals surface area contributed by atoms with Gasteiger partial charge in [0.1, 0.15) is 0 Å². The molecule has 0 radical (unpaired) electrons. The fourth-order valence-electron chi connectivity index (χ4n) is 2.94. The quantitative estimate of drug-likeness (QED) is 0.884. The van der Waals surface area contributed by atoms with Gasteiger partial charge >= 0.3 is 0 Å². The summed E-state index contributed by atoms with van der Waals surface area (Å²) in [5.41, 5.74) is 2.87. The Morgan fingerprint density at radius 1 is 1.13 bits per heavy atom. The molecular formula is C19H21BrN2O. The van der Waals surface area contributed by atoms with Crippen LogP contribution in [0.4, 0.5) is 0 Å². The smallest absolute Gasteiger partial charge is 0.251 e. The highest BCUT2D eigenvalue weighted by molar-refractivity contribution is 9.10. The molecule has 3 nitrogen and oxygen atoms in total. The van der Waals surface area contributed by atoms with Crippen LogP contribution in [0.25, 0.3) is 11.1 Å². The van der Waals surface area contributed by atoms with Gasteiger partial charge in [-0.25, -0.2) is 0 Å². The van der Waals surface area contributed by atoms with Gasteiger partial charge in [-0.3, -0.25) is 4.79 Å². The normalized spacial score (nSPS) is 16.3. The summed E-state index contributed by atoms with van der Waals surface area (Å²) in [5.74, 6) is 0.0217. The SMILES string of the molecule is CN1CCC(NC(=O)c2cccc(-c3ccccc3Br)c2)CC1. The van der Waals surface area contributed by atoms with Gasteiger partial charge in [-0.1, -0.05) is 46.3 Å². The van der Waals surface area contributed by atoms with Crippen molar-refractivity contribution < 1.29 is 4.79 Å². The second kappa shape index (κ2) is 7.28. The maximum Gasteiger partial charge on any atom is 0.251 e. The molecule has 0 aliphatic carbocycles. The minimum atomic E-state index is 0.0217. The van der Waals surface area contributed by atoms with Crippen LogP contribution < -0.4 is 5.32 Å². The zero-order valence-corrected chi connectivity index (χ0v) is 14.8. The van der Waals surface area contributed by atoms with Crippen molar-refractivity contribution in [1.82, 2.24) is 10.2 Å². The molecule has 0 saturated carbocycles. The molecule has 1 N–H and O–H groups in total. The number of carbonyl (C=O) groups is 1. The van der Waals surface area contributed by atoms with Gasteiger partial charge in [0, 0.05) is 16.1 Å². The first-order valence-corrected chi connectivity index (χ1v) is 8.77. The first kappa shape index (κ1) is 16.2. The average molecular weight is 373 g/mol. The van der Waals surface area contributed by atoms with Gasteiger partial charge in [0.05, 0.1) is 0 Å². The summed E-state index contributed by atoms with van der Waals surface area (Å²) >= 11 is 3.57. The molecule has 1 aliphatic heterocycles. The highest BCUT2D eigenvalue weighted by Crippen LogP contribution is 2.28. The highest BCUT2D eigenvalue weighted by Gasteiger charge is 2.19. The molecular weight excluding hydrogens is 352 g/mol. The third kappa shape index (κ3) is 4.01. The Hall–Kier alpha value is -1.65. The van der Waals surface area contributed by atoms with Crippen molar-refractivity contribution in [1.29, 1.82) is 0 Å². The second-order valence-corrected chi connectivity index (χ2v) is 6.97. The van der Waals surface area contributed by atoms with Crippen LogP contribution in [0.2, 0.25) is 0 Å². The van der Waals surface area contributed by atoms with E-state index in [0.29, 0.717) is 0 Å². The number of halogens is 1. The van der Waals surface area contributed by atoms with Gasteiger partial charge in [-0.15, -0.1) is 0 Å². The maximum atomic E-state index is 12.5. The molecule has 0 atom stereocenters. The summed E-state index contributed by atoms with van der Waals surface area (Å²) < 4.78 is 1.04. The molecule has 120 valence electrons. The Labute approximate surface area is 145 Å². The van der Waals surface area contributed by atoms with Crippen LogP contribution in [-0.2, 0) is 0 Å². The largest absolute Gasteiger partial charge is 0.349 e. The number of amides is 1. The topological polar surface area (TPSA) is 32.3 Å². The fraction of sp³-hybridized carbons (Fsp3) is 0.316. The Morgan fingerprint density at radius 3 is 2.61 bits per heavy atom. The Balaban J connectivity index is 1.74. The van der Waals surface area contributed by atoms with E-state index in [9.17, 15) is 4.79 Å². The van der Waals surface area contributed by atoms with E-state index < -0.39 is 0 Å². The van der Waals surface area contributed by atoms with E-state index in [4.69, 9.17) is 0 Å². The van der Waals surface area contributed by atoms with Crippen molar-refractivity contribution in [3.05, 3.63) is 58.6 Å². The molecule has 1 saturated heterocycles. The first-order valence-electron chi connectivity index (χ1n) is 7.98. The Bertz CT molecular complexity index is 693. The number of nitrogens with one attached hydrogen (secondary N) is 1. The van der Waals surface area contributed by atoms with Gasteiger partial charge in [-0.2, -0.15) is 0 Å². The predicted octanol–water partition coefficient (Wildman–Crippen LogP) is 3.94. The molecule has 3 rings (SSSR count). The summed E-state index contributed by atoms with van der Waals surface area (Å²) in [6.45, 7) is 2.09. The van der Waals surface area contributed by atoms with Crippen molar-refractivity contribution in [3.63, 3.8) is 0 Å². The number of piperidine rings is 1. The van der Waals surface area contributed by atoms with E-state index >= 15 is 0 Å². The summed E-state index contributed by atoms with van der Waals surface area (Å²) in [5, 5.41) is 3.17. The van der Waals surface area contributed by atoms with Crippen LogP contribution in [0, 0.1) is 0 Å². The lowest BCUT2D eigenvalue weighted by Gasteiger charge is -2.29. The van der Waals surface area contributed by atoms with Crippen molar-refractivity contribution in [2.24, 2.45) is 0 Å². The molecule has 0 aromatic heterocycles. The van der Waals surface area contributed by atoms with Crippen LogP contribution in [0.1, 0.15) is 23.2 Å². The van der Waals surface area contributed by atoms with Crippen molar-refractivity contribution in [2.45, 2.75) is 18.9 Å². The average Bonchev–Trinajstić information content (AvgIpc) is 2.57. The summed E-state index contributed by atoms with van der Waals surface area (Å²) in [4.78, 5) is 14.8. The zero-order chi connectivity index (χ0) is 16.2. The van der Waals surface area contributed by atoms with Crippen LogP contribution in [-0.4, -0.2) is 37.0 Å². The molecule has 1 fully saturated rings. The van der Waals surface area contributed by atoms with Crippen LogP contribution in [0.3, 0.4) is 0 Å². The molecule has 23 heavy (non-hydrogen) atoms. The molecule has 0 bridgehead atoms. The molecule has 2 aromatic rings. The zero-order valence-electron chi connectivity index (χ0n) is 13.3. The van der Waals surface area contributed by atoms with Crippen molar-refractivity contribution in [3.8, 4) is 11.1 Å². The molecule has 1 amide bonds. The predicted molar refractivity (Wildman–Crippen MR) is 97.6 cm³/mol. The van der Waals surface area contributed by atoms with E-state index in [1.54, 1.807) is 0 Å². The minimum Gasteiger partial charge on any atom is -0.349 e. The summed E-state index contributed by atoms with van der Waals surface area (Å²) in [6, 6.07) is 16.2. The first-order chi connectivity index (χ1) is 11.1. The summed E-state index contributed by atoms with van der Waals surface area (Å²) in [7, 11) is 2.12. The number of likely N-dealkylation sites (tertiary alicyclic amines) is 1. The Morgan fingerprint density at radius 2 is 1.87 bits per heavy atom. The monoisotopic (exact) mass is 372 g/mol. The lowest BCUT2D eigenvalue weighted by Crippen LogP contribution is -2.43. The summed E-state index contributed by atoms with van der Waals surface area (Å²) in [6.07, 6.45) is 2.04. The van der Waals surface area contributed by atoms with Crippen LogP contribution >= 0.6 is 15.9 Å². The lowest BCUT2D eigenvalue weighted by molar-refractivity contribution is 0.0917. The Kier molecular flexibility index (Phi) is 5.13. The molecule has 2 aromatic carbocycles. The molecule has 0 spiro atoms. The third-order valence-electron chi connectivity index (χ3n) is 4.36. The number of carbonyl (C=O) groups excluding carboxylic acids is 1. The lowest BCUT2D eigenvalue weighted by atomic mass is 10.0. The van der Waals surface area contributed by atoms with Gasteiger partial charge in [0.2, 0.25) is 0 Å². The third-order valence-corrected chi connectivity index (χ3v) is 5.05.